The Kier molecular flexibility index (Phi) is 3.02. The molecule has 0 atom stereocenters. The second kappa shape index (κ2) is 5.30. The monoisotopic (exact) mass is 374 g/mol. The summed E-state index contributed by atoms with van der Waals surface area (Å²) in [5, 5.41) is 6.19. The number of amides is 1. The van der Waals surface area contributed by atoms with Gasteiger partial charge in [0.25, 0.3) is 5.91 Å². The largest absolute Gasteiger partial charge is 0.586 e. The van der Waals surface area contributed by atoms with Crippen molar-refractivity contribution in [3.8, 4) is 23.0 Å². The van der Waals surface area contributed by atoms with E-state index in [1.807, 2.05) is 0 Å². The first-order valence-electron chi connectivity index (χ1n) is 7.58. The molecule has 2 N–H and O–H groups in total. The number of imidazole rings is 1. The van der Waals surface area contributed by atoms with Gasteiger partial charge in [-0.1, -0.05) is 5.16 Å². The second-order valence-corrected chi connectivity index (χ2v) is 5.58. The number of rotatable bonds is 3. The lowest BCUT2D eigenvalue weighted by Gasteiger charge is -2.04. The Morgan fingerprint density at radius 2 is 1.96 bits per heavy atom. The first-order chi connectivity index (χ1) is 13.0. The fourth-order valence-corrected chi connectivity index (χ4v) is 2.60. The van der Waals surface area contributed by atoms with Gasteiger partial charge in [0.15, 0.2) is 23.0 Å². The standard InChI is InChI=1S/C16H8F2N4O5/c17-16(18)25-11-4-7-8(5-12(11)26-16)20-15(19-7)21-14(23)9-6-13(27-22-9)10-2-1-3-24-10/h1-6H,(H2,19,20,21,23). The van der Waals surface area contributed by atoms with Crippen LogP contribution in [0.4, 0.5) is 14.7 Å². The quantitative estimate of drug-likeness (QED) is 0.565. The van der Waals surface area contributed by atoms with Crippen LogP contribution in [-0.2, 0) is 0 Å². The summed E-state index contributed by atoms with van der Waals surface area (Å²) in [7, 11) is 0. The number of hydrogen-bond acceptors (Lipinski definition) is 7. The number of carbonyl (C=O) groups is 1. The molecular weight excluding hydrogens is 366 g/mol. The van der Waals surface area contributed by atoms with E-state index in [9.17, 15) is 13.6 Å². The molecule has 0 aliphatic carbocycles. The lowest BCUT2D eigenvalue weighted by atomic mass is 10.3. The van der Waals surface area contributed by atoms with E-state index in [-0.39, 0.29) is 23.1 Å². The molecule has 0 fully saturated rings. The lowest BCUT2D eigenvalue weighted by molar-refractivity contribution is -0.286. The normalized spacial score (nSPS) is 14.6. The zero-order chi connectivity index (χ0) is 18.6. The second-order valence-electron chi connectivity index (χ2n) is 5.58. The van der Waals surface area contributed by atoms with Gasteiger partial charge in [-0.15, -0.1) is 8.78 Å². The molecule has 0 saturated heterocycles. The van der Waals surface area contributed by atoms with E-state index in [2.05, 4.69) is 29.9 Å². The molecule has 27 heavy (non-hydrogen) atoms. The Morgan fingerprint density at radius 1 is 1.15 bits per heavy atom. The van der Waals surface area contributed by atoms with Crippen LogP contribution in [0.3, 0.4) is 0 Å². The van der Waals surface area contributed by atoms with Gasteiger partial charge in [0.1, 0.15) is 0 Å². The molecule has 1 aliphatic rings. The predicted molar refractivity (Wildman–Crippen MR) is 84.5 cm³/mol. The van der Waals surface area contributed by atoms with E-state index in [4.69, 9.17) is 8.94 Å². The van der Waals surface area contributed by atoms with Crippen molar-refractivity contribution in [3.63, 3.8) is 0 Å². The van der Waals surface area contributed by atoms with E-state index >= 15 is 0 Å². The van der Waals surface area contributed by atoms with Gasteiger partial charge in [0, 0.05) is 18.2 Å². The number of ether oxygens (including phenoxy) is 2. The summed E-state index contributed by atoms with van der Waals surface area (Å²) in [6.07, 6.45) is -2.25. The minimum Gasteiger partial charge on any atom is -0.461 e. The van der Waals surface area contributed by atoms with Crippen molar-refractivity contribution in [1.29, 1.82) is 0 Å². The zero-order valence-electron chi connectivity index (χ0n) is 13.2. The van der Waals surface area contributed by atoms with Crippen LogP contribution in [0, 0.1) is 0 Å². The first kappa shape index (κ1) is 15.4. The smallest absolute Gasteiger partial charge is 0.461 e. The maximum Gasteiger partial charge on any atom is 0.586 e. The highest BCUT2D eigenvalue weighted by Crippen LogP contribution is 2.42. The number of aromatic amines is 1. The number of hydrogen-bond donors (Lipinski definition) is 2. The number of nitrogens with one attached hydrogen (secondary N) is 2. The zero-order valence-corrected chi connectivity index (χ0v) is 13.2. The number of halogens is 2. The first-order valence-corrected chi connectivity index (χ1v) is 7.58. The number of furan rings is 1. The average Bonchev–Trinajstić information content (AvgIpc) is 3.36. The number of anilines is 1. The van der Waals surface area contributed by atoms with Crippen LogP contribution in [0.15, 0.2) is 45.5 Å². The molecule has 0 spiro atoms. The Bertz CT molecular complexity index is 1120. The molecule has 136 valence electrons. The molecule has 3 aromatic heterocycles. The maximum absolute atomic E-state index is 13.1. The molecule has 0 unspecified atom stereocenters. The van der Waals surface area contributed by atoms with Crippen LogP contribution in [-0.4, -0.2) is 27.3 Å². The summed E-state index contributed by atoms with van der Waals surface area (Å²) in [5.74, 6) is -0.0433. The van der Waals surface area contributed by atoms with Crippen molar-refractivity contribution in [2.45, 2.75) is 6.29 Å². The molecule has 4 heterocycles. The fraction of sp³-hybridized carbons (Fsp3) is 0.0625. The molecule has 5 rings (SSSR count). The molecular formula is C16H8F2N4O5. The molecule has 9 nitrogen and oxygen atoms in total. The highest BCUT2D eigenvalue weighted by atomic mass is 19.3. The summed E-state index contributed by atoms with van der Waals surface area (Å²) < 4.78 is 45.1. The molecule has 1 amide bonds. The summed E-state index contributed by atoms with van der Waals surface area (Å²) in [6, 6.07) is 7.33. The van der Waals surface area contributed by atoms with Crippen molar-refractivity contribution in [3.05, 3.63) is 42.3 Å². The van der Waals surface area contributed by atoms with E-state index in [1.165, 1.54) is 24.5 Å². The lowest BCUT2D eigenvalue weighted by Crippen LogP contribution is -2.25. The fourth-order valence-electron chi connectivity index (χ4n) is 2.60. The Morgan fingerprint density at radius 3 is 2.74 bits per heavy atom. The summed E-state index contributed by atoms with van der Waals surface area (Å²) in [4.78, 5) is 19.2. The minimum absolute atomic E-state index is 0.00987. The predicted octanol–water partition coefficient (Wildman–Crippen LogP) is 3.38. The van der Waals surface area contributed by atoms with Crippen molar-refractivity contribution in [2.24, 2.45) is 0 Å². The van der Waals surface area contributed by atoms with Gasteiger partial charge in [0.05, 0.1) is 17.3 Å². The van der Waals surface area contributed by atoms with Crippen molar-refractivity contribution in [2.75, 3.05) is 5.32 Å². The Labute approximate surface area is 147 Å². The molecule has 11 heteroatoms. The number of fused-ring (bicyclic) bond motifs is 2. The number of alkyl halides is 2. The number of H-pyrrole nitrogens is 1. The van der Waals surface area contributed by atoms with E-state index in [1.54, 1.807) is 12.1 Å². The molecule has 0 saturated carbocycles. The summed E-state index contributed by atoms with van der Waals surface area (Å²) in [5.41, 5.74) is 0.694. The molecule has 0 bridgehead atoms. The van der Waals surface area contributed by atoms with E-state index < -0.39 is 12.2 Å². The van der Waals surface area contributed by atoms with E-state index in [0.29, 0.717) is 22.6 Å². The van der Waals surface area contributed by atoms with Crippen LogP contribution in [0.5, 0.6) is 11.5 Å². The van der Waals surface area contributed by atoms with Crippen LogP contribution in [0.2, 0.25) is 0 Å². The Hall–Kier alpha value is -3.89. The molecule has 4 aromatic rings. The van der Waals surface area contributed by atoms with Crippen molar-refractivity contribution in [1.82, 2.24) is 15.1 Å². The van der Waals surface area contributed by atoms with Gasteiger partial charge in [-0.2, -0.15) is 0 Å². The van der Waals surface area contributed by atoms with Crippen LogP contribution < -0.4 is 14.8 Å². The topological polar surface area (TPSA) is 115 Å². The van der Waals surface area contributed by atoms with Crippen LogP contribution in [0.25, 0.3) is 22.6 Å². The molecule has 1 aliphatic heterocycles. The van der Waals surface area contributed by atoms with Gasteiger partial charge in [0.2, 0.25) is 11.7 Å². The third kappa shape index (κ3) is 2.65. The number of nitrogens with zero attached hydrogens (tertiary/aromatic N) is 2. The van der Waals surface area contributed by atoms with Gasteiger partial charge in [-0.25, -0.2) is 4.98 Å². The van der Waals surface area contributed by atoms with Gasteiger partial charge < -0.3 is 23.4 Å². The van der Waals surface area contributed by atoms with Crippen LogP contribution >= 0.6 is 0 Å². The summed E-state index contributed by atoms with van der Waals surface area (Å²) in [6.45, 7) is 0. The number of benzene rings is 1. The summed E-state index contributed by atoms with van der Waals surface area (Å²) >= 11 is 0. The van der Waals surface area contributed by atoms with E-state index in [0.717, 1.165) is 0 Å². The number of aromatic nitrogens is 3. The molecule has 0 radical (unpaired) electrons. The van der Waals surface area contributed by atoms with Crippen LogP contribution in [0.1, 0.15) is 10.5 Å². The molecule has 1 aromatic carbocycles. The number of carbonyl (C=O) groups excluding carboxylic acids is 1. The average molecular weight is 374 g/mol. The SMILES string of the molecule is O=C(Nc1nc2cc3c(cc2[nH]1)OC(F)(F)O3)c1cc(-c2ccco2)on1. The third-order valence-electron chi connectivity index (χ3n) is 3.74. The highest BCUT2D eigenvalue weighted by Gasteiger charge is 2.43. The van der Waals surface area contributed by atoms with Gasteiger partial charge in [-0.3, -0.25) is 10.1 Å². The van der Waals surface area contributed by atoms with Gasteiger partial charge >= 0.3 is 6.29 Å². The maximum atomic E-state index is 13.1. The van der Waals surface area contributed by atoms with Crippen molar-refractivity contribution >= 4 is 22.9 Å². The van der Waals surface area contributed by atoms with Gasteiger partial charge in [-0.05, 0) is 12.1 Å². The highest BCUT2D eigenvalue weighted by molar-refractivity contribution is 6.03. The minimum atomic E-state index is -3.71. The van der Waals surface area contributed by atoms with Crippen molar-refractivity contribution < 1.29 is 32.0 Å². The third-order valence-corrected chi connectivity index (χ3v) is 3.74. The Balaban J connectivity index is 1.38.